The normalized spacial score (nSPS) is 18.1. The molecule has 0 radical (unpaired) electrons. The van der Waals surface area contributed by atoms with Crippen molar-refractivity contribution in [1.82, 2.24) is 9.80 Å². The van der Waals surface area contributed by atoms with Crippen molar-refractivity contribution in [3.8, 4) is 0 Å². The second kappa shape index (κ2) is 6.37. The van der Waals surface area contributed by atoms with Crippen molar-refractivity contribution in [2.24, 2.45) is 0 Å². The third kappa shape index (κ3) is 3.58. The molecular formula is C16H24N2O2. The van der Waals surface area contributed by atoms with Crippen molar-refractivity contribution in [1.29, 1.82) is 0 Å². The summed E-state index contributed by atoms with van der Waals surface area (Å²) in [6, 6.07) is 6.12. The maximum atomic E-state index is 11.3. The molecule has 0 saturated carbocycles. The first-order chi connectivity index (χ1) is 9.47. The number of carbonyl (C=O) groups excluding carboxylic acids is 1. The number of benzene rings is 1. The molecule has 0 unspecified atom stereocenters. The van der Waals surface area contributed by atoms with Crippen LogP contribution in [0.2, 0.25) is 0 Å². The van der Waals surface area contributed by atoms with Gasteiger partial charge < -0.3 is 10.0 Å². The van der Waals surface area contributed by atoms with Crippen LogP contribution < -0.4 is 0 Å². The molecule has 0 spiro atoms. The third-order valence-electron chi connectivity index (χ3n) is 4.16. The summed E-state index contributed by atoms with van der Waals surface area (Å²) in [4.78, 5) is 15.4. The lowest BCUT2D eigenvalue weighted by Crippen LogP contribution is -2.48. The van der Waals surface area contributed by atoms with Crippen molar-refractivity contribution < 1.29 is 9.90 Å². The SMILES string of the molecule is CC(=O)N1CCN(C[C@H](O)c2ccc(C)c(C)c2)CC1. The Labute approximate surface area is 121 Å². The van der Waals surface area contributed by atoms with E-state index in [9.17, 15) is 9.90 Å². The van der Waals surface area contributed by atoms with Gasteiger partial charge >= 0.3 is 0 Å². The van der Waals surface area contributed by atoms with Crippen LogP contribution in [0.4, 0.5) is 0 Å². The Balaban J connectivity index is 1.90. The number of hydrogen-bond donors (Lipinski definition) is 1. The van der Waals surface area contributed by atoms with E-state index >= 15 is 0 Å². The molecule has 1 N–H and O–H groups in total. The van der Waals surface area contributed by atoms with Crippen molar-refractivity contribution >= 4 is 5.91 Å². The molecule has 1 aromatic carbocycles. The highest BCUT2D eigenvalue weighted by Gasteiger charge is 2.21. The number of β-amino-alcohol motifs (C(OH)–C–C–N with tert-alkyl or cyclic N) is 1. The fourth-order valence-corrected chi connectivity index (χ4v) is 2.57. The number of aliphatic hydroxyl groups excluding tert-OH is 1. The summed E-state index contributed by atoms with van der Waals surface area (Å²) in [6.45, 7) is 9.57. The van der Waals surface area contributed by atoms with Gasteiger partial charge in [0.15, 0.2) is 0 Å². The van der Waals surface area contributed by atoms with Crippen LogP contribution in [-0.2, 0) is 4.79 Å². The first kappa shape index (κ1) is 15.0. The maximum Gasteiger partial charge on any atom is 0.219 e. The molecule has 20 heavy (non-hydrogen) atoms. The molecule has 1 amide bonds. The van der Waals surface area contributed by atoms with Crippen LogP contribution in [0.5, 0.6) is 0 Å². The van der Waals surface area contributed by atoms with E-state index in [-0.39, 0.29) is 5.91 Å². The van der Waals surface area contributed by atoms with Crippen LogP contribution in [0, 0.1) is 13.8 Å². The van der Waals surface area contributed by atoms with Crippen LogP contribution in [0.25, 0.3) is 0 Å². The van der Waals surface area contributed by atoms with Gasteiger partial charge in [0.2, 0.25) is 5.91 Å². The number of carbonyl (C=O) groups is 1. The lowest BCUT2D eigenvalue weighted by molar-refractivity contribution is -0.130. The van der Waals surface area contributed by atoms with Crippen molar-refractivity contribution in [3.05, 3.63) is 34.9 Å². The zero-order valence-corrected chi connectivity index (χ0v) is 12.6. The molecule has 1 heterocycles. The van der Waals surface area contributed by atoms with Gasteiger partial charge in [-0.2, -0.15) is 0 Å². The van der Waals surface area contributed by atoms with Crippen molar-refractivity contribution in [3.63, 3.8) is 0 Å². The minimum absolute atomic E-state index is 0.138. The van der Waals surface area contributed by atoms with Gasteiger partial charge in [0.25, 0.3) is 0 Å². The molecule has 4 heteroatoms. The van der Waals surface area contributed by atoms with Crippen LogP contribution in [0.1, 0.15) is 29.7 Å². The molecule has 1 fully saturated rings. The highest BCUT2D eigenvalue weighted by Crippen LogP contribution is 2.18. The topological polar surface area (TPSA) is 43.8 Å². The van der Waals surface area contributed by atoms with Gasteiger partial charge in [-0.05, 0) is 30.5 Å². The standard InChI is InChI=1S/C16H24N2O2/c1-12-4-5-15(10-13(12)2)16(20)11-17-6-8-18(9-7-17)14(3)19/h4-5,10,16,20H,6-9,11H2,1-3H3/t16-/m0/s1. The van der Waals surface area contributed by atoms with Gasteiger partial charge in [-0.3, -0.25) is 9.69 Å². The van der Waals surface area contributed by atoms with Crippen LogP contribution in [0.15, 0.2) is 18.2 Å². The van der Waals surface area contributed by atoms with E-state index in [1.54, 1.807) is 6.92 Å². The predicted molar refractivity (Wildman–Crippen MR) is 79.6 cm³/mol. The second-order valence-corrected chi connectivity index (χ2v) is 5.67. The molecule has 1 aliphatic heterocycles. The number of piperazine rings is 1. The molecule has 110 valence electrons. The number of hydrogen-bond acceptors (Lipinski definition) is 3. The minimum atomic E-state index is -0.460. The van der Waals surface area contributed by atoms with E-state index in [0.717, 1.165) is 31.7 Å². The Morgan fingerprint density at radius 1 is 1.20 bits per heavy atom. The summed E-state index contributed by atoms with van der Waals surface area (Å²) in [5.41, 5.74) is 3.43. The molecule has 0 bridgehead atoms. The fourth-order valence-electron chi connectivity index (χ4n) is 2.57. The van der Waals surface area contributed by atoms with Crippen molar-refractivity contribution in [2.75, 3.05) is 32.7 Å². The van der Waals surface area contributed by atoms with Crippen LogP contribution in [-0.4, -0.2) is 53.5 Å². The maximum absolute atomic E-state index is 11.3. The molecule has 4 nitrogen and oxygen atoms in total. The number of aliphatic hydroxyl groups is 1. The quantitative estimate of drug-likeness (QED) is 0.910. The highest BCUT2D eigenvalue weighted by molar-refractivity contribution is 5.73. The van der Waals surface area contributed by atoms with E-state index in [1.165, 1.54) is 11.1 Å². The average Bonchev–Trinajstić information content (AvgIpc) is 2.42. The lowest BCUT2D eigenvalue weighted by atomic mass is 10.0. The van der Waals surface area contributed by atoms with Gasteiger partial charge in [-0.1, -0.05) is 18.2 Å². The van der Waals surface area contributed by atoms with E-state index in [1.807, 2.05) is 11.0 Å². The first-order valence-electron chi connectivity index (χ1n) is 7.20. The van der Waals surface area contributed by atoms with Gasteiger partial charge in [-0.25, -0.2) is 0 Å². The summed E-state index contributed by atoms with van der Waals surface area (Å²) >= 11 is 0. The van der Waals surface area contributed by atoms with Crippen molar-refractivity contribution in [2.45, 2.75) is 26.9 Å². The Bertz CT molecular complexity index is 479. The molecule has 0 aromatic heterocycles. The molecule has 0 aliphatic carbocycles. The summed E-state index contributed by atoms with van der Waals surface area (Å²) in [5, 5.41) is 10.3. The number of aryl methyl sites for hydroxylation is 2. The van der Waals surface area contributed by atoms with E-state index in [4.69, 9.17) is 0 Å². The molecular weight excluding hydrogens is 252 g/mol. The number of nitrogens with zero attached hydrogens (tertiary/aromatic N) is 2. The van der Waals surface area contributed by atoms with Crippen LogP contribution in [0.3, 0.4) is 0 Å². The Kier molecular flexibility index (Phi) is 4.78. The molecule has 1 aromatic rings. The Morgan fingerprint density at radius 2 is 1.85 bits per heavy atom. The van der Waals surface area contributed by atoms with Gasteiger partial charge in [0.05, 0.1) is 6.10 Å². The Morgan fingerprint density at radius 3 is 2.40 bits per heavy atom. The van der Waals surface area contributed by atoms with Crippen LogP contribution >= 0.6 is 0 Å². The zero-order chi connectivity index (χ0) is 14.7. The number of amides is 1. The van der Waals surface area contributed by atoms with E-state index < -0.39 is 6.10 Å². The monoisotopic (exact) mass is 276 g/mol. The fraction of sp³-hybridized carbons (Fsp3) is 0.562. The summed E-state index contributed by atoms with van der Waals surface area (Å²) in [6.07, 6.45) is -0.460. The average molecular weight is 276 g/mol. The number of rotatable bonds is 3. The molecule has 2 rings (SSSR count). The largest absolute Gasteiger partial charge is 0.387 e. The summed E-state index contributed by atoms with van der Waals surface area (Å²) in [7, 11) is 0. The van der Waals surface area contributed by atoms with Gasteiger partial charge in [0, 0.05) is 39.6 Å². The second-order valence-electron chi connectivity index (χ2n) is 5.67. The summed E-state index contributed by atoms with van der Waals surface area (Å²) in [5.74, 6) is 0.138. The predicted octanol–water partition coefficient (Wildman–Crippen LogP) is 1.50. The minimum Gasteiger partial charge on any atom is -0.387 e. The molecule has 1 aliphatic rings. The summed E-state index contributed by atoms with van der Waals surface area (Å²) < 4.78 is 0. The zero-order valence-electron chi connectivity index (χ0n) is 12.6. The van der Waals surface area contributed by atoms with Gasteiger partial charge in [0.1, 0.15) is 0 Å². The van der Waals surface area contributed by atoms with E-state index in [0.29, 0.717) is 6.54 Å². The highest BCUT2D eigenvalue weighted by atomic mass is 16.3. The van der Waals surface area contributed by atoms with E-state index in [2.05, 4.69) is 30.9 Å². The lowest BCUT2D eigenvalue weighted by Gasteiger charge is -2.35. The smallest absolute Gasteiger partial charge is 0.219 e. The third-order valence-corrected chi connectivity index (χ3v) is 4.16. The molecule has 1 saturated heterocycles. The molecule has 1 atom stereocenters. The van der Waals surface area contributed by atoms with Gasteiger partial charge in [-0.15, -0.1) is 0 Å². The Hall–Kier alpha value is -1.39. The first-order valence-corrected chi connectivity index (χ1v) is 7.20.